The Labute approximate surface area is 106 Å². The molecule has 18 heavy (non-hydrogen) atoms. The average Bonchev–Trinajstić information content (AvgIpc) is 2.30. The Hall–Kier alpha value is -1.43. The van der Waals surface area contributed by atoms with Gasteiger partial charge in [-0.05, 0) is 33.5 Å². The molecule has 0 aliphatic rings. The molecular formula is C12H20F2N4. The van der Waals surface area contributed by atoms with Crippen molar-refractivity contribution in [1.29, 1.82) is 0 Å². The van der Waals surface area contributed by atoms with Crippen LogP contribution in [-0.4, -0.2) is 44.1 Å². The van der Waals surface area contributed by atoms with Gasteiger partial charge >= 0.3 is 0 Å². The summed E-state index contributed by atoms with van der Waals surface area (Å²) in [5, 5.41) is 5.46. The minimum Gasteiger partial charge on any atom is -0.371 e. The molecule has 102 valence electrons. The molecule has 0 aliphatic heterocycles. The molecule has 0 saturated heterocycles. The number of aromatic nitrogens is 1. The number of unbranched alkanes of at least 4 members (excludes halogenated alkanes) is 1. The van der Waals surface area contributed by atoms with Crippen molar-refractivity contribution in [2.24, 2.45) is 0 Å². The summed E-state index contributed by atoms with van der Waals surface area (Å²) in [6.07, 6.45) is 1.92. The van der Waals surface area contributed by atoms with E-state index in [0.717, 1.165) is 25.5 Å². The first kappa shape index (κ1) is 14.6. The zero-order valence-corrected chi connectivity index (χ0v) is 11.1. The van der Waals surface area contributed by atoms with Gasteiger partial charge < -0.3 is 15.5 Å². The fourth-order valence-corrected chi connectivity index (χ4v) is 1.53. The van der Waals surface area contributed by atoms with E-state index < -0.39 is 11.6 Å². The Morgan fingerprint density at radius 2 is 1.83 bits per heavy atom. The highest BCUT2D eigenvalue weighted by atomic mass is 19.1. The van der Waals surface area contributed by atoms with Crippen molar-refractivity contribution in [3.63, 3.8) is 0 Å². The lowest BCUT2D eigenvalue weighted by Crippen LogP contribution is -2.14. The molecule has 1 aromatic heterocycles. The molecule has 1 rings (SSSR count). The smallest absolute Gasteiger partial charge is 0.168 e. The van der Waals surface area contributed by atoms with Gasteiger partial charge in [0, 0.05) is 19.7 Å². The van der Waals surface area contributed by atoms with Gasteiger partial charge in [0.1, 0.15) is 0 Å². The first-order valence-electron chi connectivity index (χ1n) is 5.97. The van der Waals surface area contributed by atoms with Gasteiger partial charge in [-0.25, -0.2) is 13.8 Å². The van der Waals surface area contributed by atoms with Crippen molar-refractivity contribution in [3.05, 3.63) is 17.7 Å². The molecule has 6 heteroatoms. The lowest BCUT2D eigenvalue weighted by Gasteiger charge is -2.11. The quantitative estimate of drug-likeness (QED) is 0.735. The molecule has 1 aromatic rings. The van der Waals surface area contributed by atoms with Crippen LogP contribution in [0.1, 0.15) is 12.8 Å². The van der Waals surface area contributed by atoms with E-state index in [1.807, 2.05) is 14.1 Å². The highest BCUT2D eigenvalue weighted by Gasteiger charge is 2.10. The molecule has 0 amide bonds. The van der Waals surface area contributed by atoms with Gasteiger partial charge in [-0.3, -0.25) is 0 Å². The standard InChI is InChI=1S/C12H20F2N4/c1-15-11-9(13)8-10(14)12(17-11)16-6-4-5-7-18(2)3/h8H,4-7H2,1-3H3,(H2,15,16,17). The molecule has 4 nitrogen and oxygen atoms in total. The SMILES string of the molecule is CNc1nc(NCCCCN(C)C)c(F)cc1F. The number of halogens is 2. The van der Waals surface area contributed by atoms with Crippen LogP contribution in [0.4, 0.5) is 20.4 Å². The zero-order valence-electron chi connectivity index (χ0n) is 11.1. The third-order valence-electron chi connectivity index (χ3n) is 2.49. The molecule has 0 unspecified atom stereocenters. The van der Waals surface area contributed by atoms with Gasteiger partial charge in [-0.15, -0.1) is 0 Å². The second-order valence-electron chi connectivity index (χ2n) is 4.34. The minimum absolute atomic E-state index is 0.0483. The average molecular weight is 258 g/mol. The maximum atomic E-state index is 13.4. The first-order chi connectivity index (χ1) is 8.54. The monoisotopic (exact) mass is 258 g/mol. The summed E-state index contributed by atoms with van der Waals surface area (Å²) in [5.74, 6) is -1.22. The summed E-state index contributed by atoms with van der Waals surface area (Å²) in [4.78, 5) is 5.93. The molecule has 1 heterocycles. The van der Waals surface area contributed by atoms with Crippen LogP contribution in [-0.2, 0) is 0 Å². The van der Waals surface area contributed by atoms with Crippen LogP contribution in [0.5, 0.6) is 0 Å². The summed E-state index contributed by atoms with van der Waals surface area (Å²) >= 11 is 0. The second kappa shape index (κ2) is 7.10. The van der Waals surface area contributed by atoms with E-state index in [1.54, 1.807) is 7.05 Å². The van der Waals surface area contributed by atoms with Crippen LogP contribution in [0.3, 0.4) is 0 Å². The van der Waals surface area contributed by atoms with Gasteiger partial charge in [-0.1, -0.05) is 0 Å². The molecule has 0 aliphatic carbocycles. The van der Waals surface area contributed by atoms with E-state index >= 15 is 0 Å². The molecule has 0 fully saturated rings. The van der Waals surface area contributed by atoms with E-state index in [0.29, 0.717) is 6.54 Å². The molecule has 0 bridgehead atoms. The van der Waals surface area contributed by atoms with Crippen molar-refractivity contribution >= 4 is 11.6 Å². The molecule has 0 aromatic carbocycles. The number of nitrogens with zero attached hydrogens (tertiary/aromatic N) is 2. The minimum atomic E-state index is -0.687. The fraction of sp³-hybridized carbons (Fsp3) is 0.583. The van der Waals surface area contributed by atoms with Crippen LogP contribution in [0, 0.1) is 11.6 Å². The third-order valence-corrected chi connectivity index (χ3v) is 2.49. The van der Waals surface area contributed by atoms with Gasteiger partial charge in [0.05, 0.1) is 0 Å². The molecule has 0 saturated carbocycles. The zero-order chi connectivity index (χ0) is 13.5. The summed E-state index contributed by atoms with van der Waals surface area (Å²) in [6, 6.07) is 0.834. The lowest BCUT2D eigenvalue weighted by atomic mass is 10.3. The lowest BCUT2D eigenvalue weighted by molar-refractivity contribution is 0.396. The maximum Gasteiger partial charge on any atom is 0.168 e. The Morgan fingerprint density at radius 3 is 2.44 bits per heavy atom. The van der Waals surface area contributed by atoms with Gasteiger partial charge in [0.2, 0.25) is 0 Å². The fourth-order valence-electron chi connectivity index (χ4n) is 1.53. The Morgan fingerprint density at radius 1 is 1.17 bits per heavy atom. The molecule has 0 spiro atoms. The predicted octanol–water partition coefficient (Wildman–Crippen LogP) is 2.16. The van der Waals surface area contributed by atoms with Gasteiger partial charge in [0.25, 0.3) is 0 Å². The first-order valence-corrected chi connectivity index (χ1v) is 5.97. The molecule has 0 radical (unpaired) electrons. The van der Waals surface area contributed by atoms with E-state index in [-0.39, 0.29) is 11.6 Å². The number of hydrogen-bond donors (Lipinski definition) is 2. The molecule has 0 atom stereocenters. The van der Waals surface area contributed by atoms with E-state index in [4.69, 9.17) is 0 Å². The summed E-state index contributed by atoms with van der Waals surface area (Å²) in [7, 11) is 5.56. The third kappa shape index (κ3) is 4.44. The largest absolute Gasteiger partial charge is 0.371 e. The number of pyridine rings is 1. The van der Waals surface area contributed by atoms with Crippen molar-refractivity contribution in [2.75, 3.05) is 44.9 Å². The van der Waals surface area contributed by atoms with Gasteiger partial charge in [0.15, 0.2) is 23.3 Å². The van der Waals surface area contributed by atoms with Crippen molar-refractivity contribution in [3.8, 4) is 0 Å². The molecular weight excluding hydrogens is 238 g/mol. The number of nitrogens with one attached hydrogen (secondary N) is 2. The van der Waals surface area contributed by atoms with E-state index in [9.17, 15) is 8.78 Å². The summed E-state index contributed by atoms with van der Waals surface area (Å²) in [5.41, 5.74) is 0. The summed E-state index contributed by atoms with van der Waals surface area (Å²) in [6.45, 7) is 1.61. The number of rotatable bonds is 7. The second-order valence-corrected chi connectivity index (χ2v) is 4.34. The van der Waals surface area contributed by atoms with Crippen LogP contribution < -0.4 is 10.6 Å². The number of anilines is 2. The van der Waals surface area contributed by atoms with E-state index in [1.165, 1.54) is 0 Å². The van der Waals surface area contributed by atoms with Crippen molar-refractivity contribution in [1.82, 2.24) is 9.88 Å². The topological polar surface area (TPSA) is 40.2 Å². The highest BCUT2D eigenvalue weighted by Crippen LogP contribution is 2.18. The van der Waals surface area contributed by atoms with Crippen LogP contribution >= 0.6 is 0 Å². The van der Waals surface area contributed by atoms with Gasteiger partial charge in [-0.2, -0.15) is 0 Å². The maximum absolute atomic E-state index is 13.4. The Kier molecular flexibility index (Phi) is 5.77. The van der Waals surface area contributed by atoms with E-state index in [2.05, 4.69) is 20.5 Å². The number of hydrogen-bond acceptors (Lipinski definition) is 4. The highest BCUT2D eigenvalue weighted by molar-refractivity contribution is 5.47. The van der Waals surface area contributed by atoms with Crippen molar-refractivity contribution < 1.29 is 8.78 Å². The molecule has 2 N–H and O–H groups in total. The van der Waals surface area contributed by atoms with Crippen LogP contribution in [0.15, 0.2) is 6.07 Å². The normalized spacial score (nSPS) is 10.8. The predicted molar refractivity (Wildman–Crippen MR) is 70.0 cm³/mol. The van der Waals surface area contributed by atoms with Crippen LogP contribution in [0.2, 0.25) is 0 Å². The summed E-state index contributed by atoms with van der Waals surface area (Å²) < 4.78 is 26.6. The van der Waals surface area contributed by atoms with Crippen LogP contribution in [0.25, 0.3) is 0 Å². The van der Waals surface area contributed by atoms with Crippen molar-refractivity contribution in [2.45, 2.75) is 12.8 Å². The Bertz CT molecular complexity index is 383. The Balaban J connectivity index is 2.47.